The van der Waals surface area contributed by atoms with E-state index in [0.717, 1.165) is 5.56 Å². The van der Waals surface area contributed by atoms with Crippen LogP contribution in [-0.2, 0) is 6.54 Å². The van der Waals surface area contributed by atoms with Crippen LogP contribution in [-0.4, -0.2) is 32.2 Å². The van der Waals surface area contributed by atoms with Crippen LogP contribution in [0.4, 0.5) is 9.52 Å². The fourth-order valence-electron chi connectivity index (χ4n) is 3.35. The van der Waals surface area contributed by atoms with E-state index in [2.05, 4.69) is 4.98 Å². The summed E-state index contributed by atoms with van der Waals surface area (Å²) in [5.41, 5.74) is 1.90. The number of methoxy groups -OCH3 is 3. The van der Waals surface area contributed by atoms with Crippen LogP contribution in [0.25, 0.3) is 10.2 Å². The van der Waals surface area contributed by atoms with E-state index in [9.17, 15) is 9.18 Å². The van der Waals surface area contributed by atoms with Crippen LogP contribution in [0.1, 0.15) is 15.9 Å². The van der Waals surface area contributed by atoms with E-state index in [1.165, 1.54) is 44.8 Å². The fraction of sp³-hybridized carbons (Fsp3) is 0.167. The molecule has 0 aliphatic rings. The van der Waals surface area contributed by atoms with Crippen molar-refractivity contribution in [1.29, 1.82) is 0 Å². The molecule has 0 aliphatic heterocycles. The van der Waals surface area contributed by atoms with Crippen molar-refractivity contribution >= 4 is 32.6 Å². The molecule has 0 fully saturated rings. The van der Waals surface area contributed by atoms with E-state index in [1.807, 2.05) is 30.3 Å². The number of anilines is 1. The maximum absolute atomic E-state index is 13.7. The third-order valence-corrected chi connectivity index (χ3v) is 5.95. The van der Waals surface area contributed by atoms with E-state index in [0.29, 0.717) is 44.7 Å². The van der Waals surface area contributed by atoms with Crippen LogP contribution in [0, 0.1) is 5.82 Å². The van der Waals surface area contributed by atoms with Gasteiger partial charge in [-0.15, -0.1) is 0 Å². The largest absolute Gasteiger partial charge is 0.493 e. The minimum Gasteiger partial charge on any atom is -0.493 e. The van der Waals surface area contributed by atoms with Crippen molar-refractivity contribution in [2.75, 3.05) is 26.2 Å². The third kappa shape index (κ3) is 4.22. The molecule has 0 saturated carbocycles. The number of amides is 1. The van der Waals surface area contributed by atoms with Crippen LogP contribution >= 0.6 is 11.3 Å². The molecule has 0 radical (unpaired) electrons. The fourth-order valence-corrected chi connectivity index (χ4v) is 4.34. The van der Waals surface area contributed by atoms with E-state index in [1.54, 1.807) is 23.1 Å². The summed E-state index contributed by atoms with van der Waals surface area (Å²) in [5.74, 6) is 0.505. The van der Waals surface area contributed by atoms with Gasteiger partial charge in [0.25, 0.3) is 5.91 Å². The van der Waals surface area contributed by atoms with Crippen molar-refractivity contribution in [3.63, 3.8) is 0 Å². The number of nitrogens with zero attached hydrogens (tertiary/aromatic N) is 2. The number of carbonyl (C=O) groups is 1. The molecule has 0 unspecified atom stereocenters. The molecule has 4 rings (SSSR count). The Morgan fingerprint density at radius 2 is 1.66 bits per heavy atom. The number of carbonyl (C=O) groups excluding carboxylic acids is 1. The first kappa shape index (κ1) is 21.6. The topological polar surface area (TPSA) is 60.9 Å². The summed E-state index contributed by atoms with van der Waals surface area (Å²) in [4.78, 5) is 19.8. The molecular formula is C24H21FN2O4S. The highest BCUT2D eigenvalue weighted by Gasteiger charge is 2.25. The Bertz CT molecular complexity index is 1230. The average molecular weight is 453 g/mol. The van der Waals surface area contributed by atoms with Gasteiger partial charge in [0.2, 0.25) is 5.75 Å². The molecule has 0 N–H and O–H groups in total. The first-order chi connectivity index (χ1) is 15.5. The monoisotopic (exact) mass is 452 g/mol. The van der Waals surface area contributed by atoms with Gasteiger partial charge in [-0.1, -0.05) is 41.7 Å². The molecule has 1 amide bonds. The SMILES string of the molecule is COc1cc(C(=O)N(Cc2ccccc2)c2nc3ccc(F)cc3s2)cc(OC)c1OC. The van der Waals surface area contributed by atoms with Crippen molar-refractivity contribution in [3.05, 3.63) is 77.6 Å². The standard InChI is InChI=1S/C24H21FN2O4S/c1-29-19-11-16(12-20(30-2)22(19)31-3)23(28)27(14-15-7-5-4-6-8-15)24-26-18-10-9-17(25)13-21(18)32-24/h4-13H,14H2,1-3H3. The van der Waals surface area contributed by atoms with Crippen molar-refractivity contribution in [1.82, 2.24) is 4.98 Å². The van der Waals surface area contributed by atoms with Gasteiger partial charge in [0.15, 0.2) is 16.6 Å². The molecule has 0 atom stereocenters. The molecule has 0 aliphatic carbocycles. The summed E-state index contributed by atoms with van der Waals surface area (Å²) in [6.07, 6.45) is 0. The Labute approximate surface area is 188 Å². The number of hydrogen-bond acceptors (Lipinski definition) is 6. The molecule has 164 valence electrons. The molecule has 32 heavy (non-hydrogen) atoms. The first-order valence-electron chi connectivity index (χ1n) is 9.76. The van der Waals surface area contributed by atoms with Gasteiger partial charge in [-0.05, 0) is 35.9 Å². The number of hydrogen-bond donors (Lipinski definition) is 0. The molecule has 8 heteroatoms. The maximum Gasteiger partial charge on any atom is 0.260 e. The molecule has 6 nitrogen and oxygen atoms in total. The van der Waals surface area contributed by atoms with Crippen molar-refractivity contribution in [2.24, 2.45) is 0 Å². The Kier molecular flexibility index (Phi) is 6.23. The number of halogens is 1. The lowest BCUT2D eigenvalue weighted by Crippen LogP contribution is -2.30. The number of fused-ring (bicyclic) bond motifs is 1. The number of benzene rings is 3. The average Bonchev–Trinajstić information content (AvgIpc) is 3.24. The molecule has 3 aromatic carbocycles. The summed E-state index contributed by atoms with van der Waals surface area (Å²) in [6.45, 7) is 0.290. The van der Waals surface area contributed by atoms with Crippen LogP contribution in [0.5, 0.6) is 17.2 Å². The number of rotatable bonds is 7. The molecule has 1 heterocycles. The first-order valence-corrected chi connectivity index (χ1v) is 10.6. The Morgan fingerprint density at radius 3 is 2.28 bits per heavy atom. The molecule has 0 bridgehead atoms. The predicted octanol–water partition coefficient (Wildman–Crippen LogP) is 5.31. The van der Waals surface area contributed by atoms with E-state index in [-0.39, 0.29) is 11.7 Å². The van der Waals surface area contributed by atoms with E-state index in [4.69, 9.17) is 14.2 Å². The second-order valence-electron chi connectivity index (χ2n) is 6.90. The zero-order valence-corrected chi connectivity index (χ0v) is 18.6. The van der Waals surface area contributed by atoms with Gasteiger partial charge in [-0.3, -0.25) is 9.69 Å². The van der Waals surface area contributed by atoms with Crippen LogP contribution in [0.3, 0.4) is 0 Å². The van der Waals surface area contributed by atoms with Gasteiger partial charge in [0, 0.05) is 5.56 Å². The number of aromatic nitrogens is 1. The zero-order valence-electron chi connectivity index (χ0n) is 17.8. The van der Waals surface area contributed by atoms with E-state index >= 15 is 0 Å². The Balaban J connectivity index is 1.81. The van der Waals surface area contributed by atoms with Gasteiger partial charge in [-0.25, -0.2) is 9.37 Å². The normalized spacial score (nSPS) is 10.8. The molecule has 4 aromatic rings. The van der Waals surface area contributed by atoms with Gasteiger partial charge >= 0.3 is 0 Å². The molecule has 0 spiro atoms. The van der Waals surface area contributed by atoms with Crippen LogP contribution < -0.4 is 19.1 Å². The summed E-state index contributed by atoms with van der Waals surface area (Å²) in [5, 5.41) is 0.466. The maximum atomic E-state index is 13.7. The lowest BCUT2D eigenvalue weighted by Gasteiger charge is -2.21. The van der Waals surface area contributed by atoms with Gasteiger partial charge in [-0.2, -0.15) is 0 Å². The molecular weight excluding hydrogens is 431 g/mol. The second kappa shape index (κ2) is 9.23. The Morgan fingerprint density at radius 1 is 0.969 bits per heavy atom. The minimum absolute atomic E-state index is 0.290. The number of ether oxygens (including phenoxy) is 3. The highest BCUT2D eigenvalue weighted by molar-refractivity contribution is 7.22. The van der Waals surface area contributed by atoms with Crippen LogP contribution in [0.2, 0.25) is 0 Å². The summed E-state index contributed by atoms with van der Waals surface area (Å²) < 4.78 is 30.5. The van der Waals surface area contributed by atoms with Crippen molar-refractivity contribution in [2.45, 2.75) is 6.54 Å². The van der Waals surface area contributed by atoms with Crippen molar-refractivity contribution in [3.8, 4) is 17.2 Å². The summed E-state index contributed by atoms with van der Waals surface area (Å²) in [7, 11) is 4.49. The molecule has 0 saturated heterocycles. The van der Waals surface area contributed by atoms with Crippen LogP contribution in [0.15, 0.2) is 60.7 Å². The molecule has 1 aromatic heterocycles. The third-order valence-electron chi connectivity index (χ3n) is 4.91. The smallest absolute Gasteiger partial charge is 0.260 e. The van der Waals surface area contributed by atoms with Gasteiger partial charge < -0.3 is 14.2 Å². The van der Waals surface area contributed by atoms with Crippen molar-refractivity contribution < 1.29 is 23.4 Å². The van der Waals surface area contributed by atoms with E-state index < -0.39 is 0 Å². The zero-order chi connectivity index (χ0) is 22.7. The summed E-state index contributed by atoms with van der Waals surface area (Å²) >= 11 is 1.26. The van der Waals surface area contributed by atoms with Gasteiger partial charge in [0.05, 0.1) is 38.1 Å². The Hall–Kier alpha value is -3.65. The highest BCUT2D eigenvalue weighted by Crippen LogP contribution is 2.39. The minimum atomic E-state index is -0.349. The second-order valence-corrected chi connectivity index (χ2v) is 7.91. The lowest BCUT2D eigenvalue weighted by molar-refractivity contribution is 0.0984. The quantitative estimate of drug-likeness (QED) is 0.380. The summed E-state index contributed by atoms with van der Waals surface area (Å²) in [6, 6.07) is 17.2. The van der Waals surface area contributed by atoms with Gasteiger partial charge in [0.1, 0.15) is 5.82 Å². The predicted molar refractivity (Wildman–Crippen MR) is 123 cm³/mol. The lowest BCUT2D eigenvalue weighted by atomic mass is 10.1. The number of thiazole rings is 1. The highest BCUT2D eigenvalue weighted by atomic mass is 32.1.